The smallest absolute Gasteiger partial charge is 0.200 e. The number of rotatable bonds is 7. The average molecular weight is 485 g/mol. The third kappa shape index (κ3) is 5.00. The van der Waals surface area contributed by atoms with Crippen molar-refractivity contribution in [3.8, 4) is 0 Å². The second kappa shape index (κ2) is 10.4. The van der Waals surface area contributed by atoms with Crippen molar-refractivity contribution in [3.05, 3.63) is 63.5 Å². The van der Waals surface area contributed by atoms with E-state index in [1.807, 2.05) is 32.9 Å². The molecule has 0 N–H and O–H groups in total. The fourth-order valence-corrected chi connectivity index (χ4v) is 5.62. The molecule has 0 heterocycles. The monoisotopic (exact) mass is 484 g/mol. The lowest BCUT2D eigenvalue weighted by Gasteiger charge is -2.29. The van der Waals surface area contributed by atoms with Gasteiger partial charge in [0.25, 0.3) is 0 Å². The number of Topliss-reactive ketones (excluding diaryl/α,β-unsaturated/α-hetero) is 2. The molecule has 3 rings (SSSR count). The summed E-state index contributed by atoms with van der Waals surface area (Å²) in [6.45, 7) is 5.94. The lowest BCUT2D eigenvalue weighted by Crippen LogP contribution is -2.33. The molecule has 0 bridgehead atoms. The highest BCUT2D eigenvalue weighted by molar-refractivity contribution is 7.99. The SMILES string of the molecule is CCc1cc(C)cc(CC)c1C1C(=O)CC(CCSc2c(F)c(F)c(F)c(F)c2F)CC1=O. The molecular formula is C25H25F5O2S. The molecule has 0 aromatic heterocycles. The number of hydrogen-bond donors (Lipinski definition) is 0. The maximum absolute atomic E-state index is 13.9. The molecule has 2 aromatic carbocycles. The van der Waals surface area contributed by atoms with Crippen LogP contribution in [0.1, 0.15) is 61.3 Å². The molecule has 0 radical (unpaired) electrons. The van der Waals surface area contributed by atoms with Crippen LogP contribution in [0.25, 0.3) is 0 Å². The summed E-state index contributed by atoms with van der Waals surface area (Å²) in [6, 6.07) is 4.00. The van der Waals surface area contributed by atoms with E-state index >= 15 is 0 Å². The molecular weight excluding hydrogens is 459 g/mol. The van der Waals surface area contributed by atoms with Gasteiger partial charge in [0.1, 0.15) is 17.5 Å². The van der Waals surface area contributed by atoms with Gasteiger partial charge in [0, 0.05) is 12.8 Å². The minimum absolute atomic E-state index is 0.0131. The molecule has 8 heteroatoms. The first-order valence-electron chi connectivity index (χ1n) is 10.9. The summed E-state index contributed by atoms with van der Waals surface area (Å²) >= 11 is 0.498. The molecule has 2 nitrogen and oxygen atoms in total. The van der Waals surface area contributed by atoms with Gasteiger partial charge in [-0.25, -0.2) is 22.0 Å². The molecule has 1 aliphatic carbocycles. The normalized spacial score (nSPS) is 18.8. The standard InChI is InChI=1S/C25H25F5O2S/c1-4-14-8-12(3)9-15(5-2)18(14)19-16(31)10-13(11-17(19)32)6-7-33-25-23(29)21(27)20(26)22(28)24(25)30/h8-9,13,19H,4-7,10-11H2,1-3H3. The molecule has 33 heavy (non-hydrogen) atoms. The zero-order valence-electron chi connectivity index (χ0n) is 18.7. The molecule has 0 aliphatic heterocycles. The van der Waals surface area contributed by atoms with Crippen molar-refractivity contribution in [1.82, 2.24) is 0 Å². The third-order valence-electron chi connectivity index (χ3n) is 6.11. The Morgan fingerprint density at radius 3 is 1.73 bits per heavy atom. The van der Waals surface area contributed by atoms with E-state index in [-0.39, 0.29) is 42.5 Å². The minimum Gasteiger partial charge on any atom is -0.299 e. The first-order chi connectivity index (χ1) is 15.6. The summed E-state index contributed by atoms with van der Waals surface area (Å²) in [6.07, 6.45) is 1.90. The second-order valence-electron chi connectivity index (χ2n) is 8.38. The first kappa shape index (κ1) is 25.4. The quantitative estimate of drug-likeness (QED) is 0.145. The Hall–Kier alpha value is -2.22. The van der Waals surface area contributed by atoms with Crippen LogP contribution in [0.5, 0.6) is 0 Å². The Bertz CT molecular complexity index is 1030. The Morgan fingerprint density at radius 1 is 0.818 bits per heavy atom. The van der Waals surface area contributed by atoms with Gasteiger partial charge in [-0.05, 0) is 54.5 Å². The zero-order chi connectivity index (χ0) is 24.4. The molecule has 0 spiro atoms. The lowest BCUT2D eigenvalue weighted by molar-refractivity contribution is -0.133. The van der Waals surface area contributed by atoms with Crippen molar-refractivity contribution in [3.63, 3.8) is 0 Å². The zero-order valence-corrected chi connectivity index (χ0v) is 19.5. The Balaban J connectivity index is 1.73. The van der Waals surface area contributed by atoms with Gasteiger partial charge >= 0.3 is 0 Å². The predicted octanol–water partition coefficient (Wildman–Crippen LogP) is 6.63. The largest absolute Gasteiger partial charge is 0.299 e. The van der Waals surface area contributed by atoms with Gasteiger partial charge in [-0.3, -0.25) is 9.59 Å². The molecule has 0 atom stereocenters. The first-order valence-corrected chi connectivity index (χ1v) is 11.9. The molecule has 2 aromatic rings. The molecule has 1 fully saturated rings. The van der Waals surface area contributed by atoms with Crippen LogP contribution in [0, 0.1) is 41.9 Å². The van der Waals surface area contributed by atoms with E-state index in [9.17, 15) is 31.5 Å². The summed E-state index contributed by atoms with van der Waals surface area (Å²) in [5.74, 6) is -11.4. The highest BCUT2D eigenvalue weighted by atomic mass is 32.2. The predicted molar refractivity (Wildman–Crippen MR) is 117 cm³/mol. The lowest BCUT2D eigenvalue weighted by atomic mass is 9.73. The van der Waals surface area contributed by atoms with Crippen molar-refractivity contribution in [2.45, 2.75) is 63.7 Å². The van der Waals surface area contributed by atoms with Gasteiger partial charge in [0.2, 0.25) is 5.82 Å². The van der Waals surface area contributed by atoms with Gasteiger partial charge in [-0.1, -0.05) is 31.5 Å². The van der Waals surface area contributed by atoms with Crippen molar-refractivity contribution in [2.75, 3.05) is 5.75 Å². The van der Waals surface area contributed by atoms with Gasteiger partial charge in [0.15, 0.2) is 23.3 Å². The second-order valence-corrected chi connectivity index (χ2v) is 9.49. The van der Waals surface area contributed by atoms with Crippen molar-refractivity contribution >= 4 is 23.3 Å². The molecule has 0 amide bonds. The van der Waals surface area contributed by atoms with Crippen LogP contribution in [-0.2, 0) is 22.4 Å². The Morgan fingerprint density at radius 2 is 1.27 bits per heavy atom. The van der Waals surface area contributed by atoms with E-state index in [0.717, 1.165) is 22.3 Å². The van der Waals surface area contributed by atoms with Crippen LogP contribution in [0.15, 0.2) is 17.0 Å². The summed E-state index contributed by atoms with van der Waals surface area (Å²) in [5.41, 5.74) is 3.85. The van der Waals surface area contributed by atoms with E-state index in [4.69, 9.17) is 0 Å². The van der Waals surface area contributed by atoms with Crippen LogP contribution in [0.2, 0.25) is 0 Å². The van der Waals surface area contributed by atoms with Crippen LogP contribution >= 0.6 is 11.8 Å². The minimum atomic E-state index is -2.20. The summed E-state index contributed by atoms with van der Waals surface area (Å²) in [7, 11) is 0. The summed E-state index contributed by atoms with van der Waals surface area (Å²) in [4.78, 5) is 25.1. The third-order valence-corrected chi connectivity index (χ3v) is 7.20. The van der Waals surface area contributed by atoms with Crippen LogP contribution in [-0.4, -0.2) is 17.3 Å². The molecule has 1 saturated carbocycles. The van der Waals surface area contributed by atoms with E-state index in [1.165, 1.54) is 0 Å². The number of ketones is 2. The van der Waals surface area contributed by atoms with E-state index in [1.54, 1.807) is 0 Å². The highest BCUT2D eigenvalue weighted by Crippen LogP contribution is 2.38. The molecule has 1 aliphatic rings. The van der Waals surface area contributed by atoms with Gasteiger partial charge in [0.05, 0.1) is 4.90 Å². The molecule has 0 saturated heterocycles. The van der Waals surface area contributed by atoms with Gasteiger partial charge < -0.3 is 0 Å². The van der Waals surface area contributed by atoms with Crippen LogP contribution in [0.4, 0.5) is 22.0 Å². The van der Waals surface area contributed by atoms with E-state index in [0.29, 0.717) is 24.6 Å². The van der Waals surface area contributed by atoms with Crippen LogP contribution in [0.3, 0.4) is 0 Å². The number of hydrogen-bond acceptors (Lipinski definition) is 3. The molecule has 178 valence electrons. The maximum atomic E-state index is 13.9. The number of benzene rings is 2. The number of thioether (sulfide) groups is 1. The van der Waals surface area contributed by atoms with E-state index < -0.39 is 39.9 Å². The Kier molecular flexibility index (Phi) is 7.98. The van der Waals surface area contributed by atoms with Gasteiger partial charge in [-0.15, -0.1) is 11.8 Å². The van der Waals surface area contributed by atoms with Crippen LogP contribution < -0.4 is 0 Å². The molecule has 0 unspecified atom stereocenters. The average Bonchev–Trinajstić information content (AvgIpc) is 2.78. The van der Waals surface area contributed by atoms with Crippen molar-refractivity contribution < 1.29 is 31.5 Å². The maximum Gasteiger partial charge on any atom is 0.200 e. The summed E-state index contributed by atoms with van der Waals surface area (Å²) in [5, 5.41) is 0. The van der Waals surface area contributed by atoms with Gasteiger partial charge in [-0.2, -0.15) is 0 Å². The van der Waals surface area contributed by atoms with Crippen molar-refractivity contribution in [1.29, 1.82) is 0 Å². The fraction of sp³-hybridized carbons (Fsp3) is 0.440. The number of aryl methyl sites for hydroxylation is 3. The number of carbonyl (C=O) groups is 2. The topological polar surface area (TPSA) is 34.1 Å². The highest BCUT2D eigenvalue weighted by Gasteiger charge is 2.38. The fourth-order valence-electron chi connectivity index (χ4n) is 4.53. The summed E-state index contributed by atoms with van der Waals surface area (Å²) < 4.78 is 67.6. The number of carbonyl (C=O) groups excluding carboxylic acids is 2. The Labute approximate surface area is 194 Å². The van der Waals surface area contributed by atoms with Crippen molar-refractivity contribution in [2.24, 2.45) is 5.92 Å². The number of halogens is 5. The van der Waals surface area contributed by atoms with E-state index in [2.05, 4.69) is 0 Å².